The number of nitrogens with one attached hydrogen (secondary N) is 1. The fraction of sp³-hybridized carbons (Fsp3) is 0.455. The summed E-state index contributed by atoms with van der Waals surface area (Å²) in [4.78, 5) is 0. The highest BCUT2D eigenvalue weighted by molar-refractivity contribution is 6.17. The lowest BCUT2D eigenvalue weighted by molar-refractivity contribution is -0.143. The molecule has 19 heavy (non-hydrogen) atoms. The fourth-order valence-corrected chi connectivity index (χ4v) is 1.49. The summed E-state index contributed by atoms with van der Waals surface area (Å²) >= 11 is 5.38. The first-order valence-electron chi connectivity index (χ1n) is 5.24. The molecule has 8 heteroatoms. The van der Waals surface area contributed by atoms with Gasteiger partial charge < -0.3 is 5.32 Å². The van der Waals surface area contributed by atoms with Crippen molar-refractivity contribution in [3.8, 4) is 0 Å². The summed E-state index contributed by atoms with van der Waals surface area (Å²) in [7, 11) is 0. The lowest BCUT2D eigenvalue weighted by Gasteiger charge is -2.15. The Bertz CT molecular complexity index is 394. The van der Waals surface area contributed by atoms with Crippen molar-refractivity contribution in [1.29, 1.82) is 0 Å². The summed E-state index contributed by atoms with van der Waals surface area (Å²) < 4.78 is 75.0. The molecule has 0 unspecified atom stereocenters. The van der Waals surface area contributed by atoms with E-state index in [9.17, 15) is 26.3 Å². The van der Waals surface area contributed by atoms with Gasteiger partial charge in [0.05, 0.1) is 11.1 Å². The molecule has 1 nitrogen and oxygen atoms in total. The molecule has 0 saturated heterocycles. The molecule has 0 saturated carbocycles. The molecule has 0 fully saturated rings. The van der Waals surface area contributed by atoms with Crippen LogP contribution < -0.4 is 5.32 Å². The van der Waals surface area contributed by atoms with Gasteiger partial charge in [0, 0.05) is 18.1 Å². The molecule has 0 radical (unpaired) electrons. The van der Waals surface area contributed by atoms with Crippen LogP contribution in [0.4, 0.5) is 32.0 Å². The van der Waals surface area contributed by atoms with E-state index in [2.05, 4.69) is 5.32 Å². The quantitative estimate of drug-likeness (QED) is 0.480. The Morgan fingerprint density at radius 3 is 1.74 bits per heavy atom. The van der Waals surface area contributed by atoms with Crippen LogP contribution in [0.15, 0.2) is 18.2 Å². The molecule has 0 aliphatic heterocycles. The van der Waals surface area contributed by atoms with Crippen molar-refractivity contribution < 1.29 is 26.3 Å². The van der Waals surface area contributed by atoms with Gasteiger partial charge in [0.25, 0.3) is 0 Å². The summed E-state index contributed by atoms with van der Waals surface area (Å²) in [6.07, 6.45) is -9.23. The van der Waals surface area contributed by atoms with Crippen molar-refractivity contribution in [3.05, 3.63) is 29.3 Å². The average Bonchev–Trinajstić information content (AvgIpc) is 2.27. The van der Waals surface area contributed by atoms with Crippen molar-refractivity contribution in [2.24, 2.45) is 0 Å². The van der Waals surface area contributed by atoms with Crippen LogP contribution in [0.25, 0.3) is 0 Å². The van der Waals surface area contributed by atoms with E-state index in [1.54, 1.807) is 0 Å². The Morgan fingerprint density at radius 2 is 1.37 bits per heavy atom. The summed E-state index contributed by atoms with van der Waals surface area (Å²) in [5.41, 5.74) is -2.90. The van der Waals surface area contributed by atoms with E-state index in [1.165, 1.54) is 0 Å². The van der Waals surface area contributed by atoms with Gasteiger partial charge in [-0.05, 0) is 24.6 Å². The van der Waals surface area contributed by atoms with Gasteiger partial charge in [0.1, 0.15) is 0 Å². The summed E-state index contributed by atoms with van der Waals surface area (Å²) in [5, 5.41) is 2.49. The molecule has 1 aromatic rings. The Kier molecular flexibility index (Phi) is 4.95. The third-order valence-electron chi connectivity index (χ3n) is 2.23. The van der Waals surface area contributed by atoms with Crippen molar-refractivity contribution in [1.82, 2.24) is 0 Å². The highest BCUT2D eigenvalue weighted by Gasteiger charge is 2.36. The fourth-order valence-electron chi connectivity index (χ4n) is 1.36. The predicted molar refractivity (Wildman–Crippen MR) is 60.3 cm³/mol. The first-order valence-corrected chi connectivity index (χ1v) is 5.77. The van der Waals surface area contributed by atoms with Crippen LogP contribution in [0.3, 0.4) is 0 Å². The second-order valence-electron chi connectivity index (χ2n) is 3.76. The van der Waals surface area contributed by atoms with Crippen molar-refractivity contribution in [2.45, 2.75) is 18.8 Å². The molecule has 0 amide bonds. The molecule has 0 heterocycles. The number of hydrogen-bond donors (Lipinski definition) is 1. The minimum Gasteiger partial charge on any atom is -0.385 e. The van der Waals surface area contributed by atoms with Crippen LogP contribution in [0, 0.1) is 0 Å². The molecule has 1 rings (SSSR count). The molecular weight excluding hydrogens is 296 g/mol. The molecule has 0 atom stereocenters. The standard InChI is InChI=1S/C11H10ClF6N/c12-2-1-3-19-9-5-7(10(13,14)15)4-8(6-9)11(16,17)18/h4-6,19H,1-3H2. The van der Waals surface area contributed by atoms with Crippen LogP contribution in [-0.2, 0) is 12.4 Å². The molecular formula is C11H10ClF6N. The van der Waals surface area contributed by atoms with Gasteiger partial charge in [-0.1, -0.05) is 0 Å². The minimum absolute atomic E-state index is 0.0900. The zero-order valence-electron chi connectivity index (χ0n) is 9.50. The number of benzene rings is 1. The minimum atomic E-state index is -4.83. The van der Waals surface area contributed by atoms with E-state index < -0.39 is 23.5 Å². The Labute approximate surface area is 110 Å². The van der Waals surface area contributed by atoms with Crippen LogP contribution >= 0.6 is 11.6 Å². The maximum absolute atomic E-state index is 12.5. The maximum atomic E-state index is 12.5. The van der Waals surface area contributed by atoms with Crippen LogP contribution in [-0.4, -0.2) is 12.4 Å². The Balaban J connectivity index is 3.10. The molecule has 0 aliphatic carbocycles. The Morgan fingerprint density at radius 1 is 0.895 bits per heavy atom. The van der Waals surface area contributed by atoms with Crippen LogP contribution in [0.1, 0.15) is 17.5 Å². The molecule has 0 bridgehead atoms. The zero-order chi connectivity index (χ0) is 14.7. The van der Waals surface area contributed by atoms with E-state index in [0.29, 0.717) is 18.6 Å². The second-order valence-corrected chi connectivity index (χ2v) is 4.14. The number of hydrogen-bond acceptors (Lipinski definition) is 1. The molecule has 0 aromatic heterocycles. The molecule has 0 aliphatic rings. The monoisotopic (exact) mass is 305 g/mol. The van der Waals surface area contributed by atoms with E-state index in [1.807, 2.05) is 0 Å². The smallest absolute Gasteiger partial charge is 0.385 e. The van der Waals surface area contributed by atoms with Gasteiger partial charge in [-0.15, -0.1) is 11.6 Å². The van der Waals surface area contributed by atoms with E-state index >= 15 is 0 Å². The van der Waals surface area contributed by atoms with Crippen molar-refractivity contribution in [2.75, 3.05) is 17.7 Å². The topological polar surface area (TPSA) is 12.0 Å². The normalized spacial score (nSPS) is 12.6. The highest BCUT2D eigenvalue weighted by atomic mass is 35.5. The van der Waals surface area contributed by atoms with Gasteiger partial charge in [0.15, 0.2) is 0 Å². The first kappa shape index (κ1) is 15.9. The molecule has 0 spiro atoms. The van der Waals surface area contributed by atoms with Crippen molar-refractivity contribution in [3.63, 3.8) is 0 Å². The number of anilines is 1. The first-order chi connectivity index (χ1) is 8.64. The average molecular weight is 306 g/mol. The van der Waals surface area contributed by atoms with Gasteiger partial charge in [-0.25, -0.2) is 0 Å². The lowest BCUT2D eigenvalue weighted by Crippen LogP contribution is -2.12. The molecule has 1 aromatic carbocycles. The predicted octanol–water partition coefficient (Wildman–Crippen LogP) is 4.77. The van der Waals surface area contributed by atoms with Crippen LogP contribution in [0.2, 0.25) is 0 Å². The zero-order valence-corrected chi connectivity index (χ0v) is 10.3. The summed E-state index contributed by atoms with van der Waals surface area (Å²) in [5.74, 6) is 0.262. The summed E-state index contributed by atoms with van der Waals surface area (Å²) in [6.45, 7) is 0.197. The largest absolute Gasteiger partial charge is 0.416 e. The van der Waals surface area contributed by atoms with Gasteiger partial charge in [-0.2, -0.15) is 26.3 Å². The number of alkyl halides is 7. The SMILES string of the molecule is FC(F)(F)c1cc(NCCCCl)cc(C(F)(F)F)c1. The lowest BCUT2D eigenvalue weighted by atomic mass is 10.1. The van der Waals surface area contributed by atoms with Crippen LogP contribution in [0.5, 0.6) is 0 Å². The number of halogens is 7. The van der Waals surface area contributed by atoms with E-state index in [0.717, 1.165) is 0 Å². The Hall–Kier alpha value is -1.11. The highest BCUT2D eigenvalue weighted by Crippen LogP contribution is 2.37. The maximum Gasteiger partial charge on any atom is 0.416 e. The van der Waals surface area contributed by atoms with E-state index in [-0.39, 0.29) is 24.2 Å². The van der Waals surface area contributed by atoms with Crippen molar-refractivity contribution >= 4 is 17.3 Å². The molecule has 108 valence electrons. The van der Waals surface area contributed by atoms with Gasteiger partial charge in [0.2, 0.25) is 0 Å². The third-order valence-corrected chi connectivity index (χ3v) is 2.49. The third kappa shape index (κ3) is 4.81. The molecule has 1 N–H and O–H groups in total. The second kappa shape index (κ2) is 5.90. The van der Waals surface area contributed by atoms with Gasteiger partial charge in [-0.3, -0.25) is 0 Å². The summed E-state index contributed by atoms with van der Waals surface area (Å²) in [6, 6.07) is 1.37. The van der Waals surface area contributed by atoms with E-state index in [4.69, 9.17) is 11.6 Å². The number of rotatable bonds is 4. The van der Waals surface area contributed by atoms with Gasteiger partial charge >= 0.3 is 12.4 Å².